The summed E-state index contributed by atoms with van der Waals surface area (Å²) >= 11 is 0. The maximum Gasteiger partial charge on any atom is 0.227 e. The van der Waals surface area contributed by atoms with Crippen molar-refractivity contribution in [3.8, 4) is 56.7 Å². The highest BCUT2D eigenvalue weighted by molar-refractivity contribution is 6.13. The number of nitrogens with zero attached hydrogens (tertiary/aromatic N) is 4. The predicted molar refractivity (Wildman–Crippen MR) is 199 cm³/mol. The number of hydrogen-bond acceptors (Lipinski definition) is 6. The van der Waals surface area contributed by atoms with E-state index in [1.807, 2.05) is 115 Å². The zero-order valence-electron chi connectivity index (χ0n) is 26.6. The topological polar surface area (TPSA) is 77.8 Å². The van der Waals surface area contributed by atoms with Crippen molar-refractivity contribution >= 4 is 43.8 Å². The van der Waals surface area contributed by atoms with E-state index >= 15 is 0 Å². The molecule has 7 aromatic carbocycles. The second kappa shape index (κ2) is 11.4. The molecule has 50 heavy (non-hydrogen) atoms. The van der Waals surface area contributed by atoms with Gasteiger partial charge in [0.05, 0.1) is 0 Å². The van der Waals surface area contributed by atoms with Crippen LogP contribution in [0.2, 0.25) is 0 Å². The first kappa shape index (κ1) is 28.1. The zero-order valence-corrected chi connectivity index (χ0v) is 26.6. The van der Waals surface area contributed by atoms with Crippen LogP contribution in [0.4, 0.5) is 0 Å². The van der Waals surface area contributed by atoms with E-state index in [0.29, 0.717) is 28.9 Å². The lowest BCUT2D eigenvalue weighted by Crippen LogP contribution is -2.01. The molecule has 0 aliphatic rings. The second-order valence-electron chi connectivity index (χ2n) is 12.2. The van der Waals surface area contributed by atoms with Crippen LogP contribution in [-0.2, 0) is 0 Å². The van der Waals surface area contributed by atoms with E-state index in [2.05, 4.69) is 42.5 Å². The zero-order chi connectivity index (χ0) is 33.0. The predicted octanol–water partition coefficient (Wildman–Crippen LogP) is 11.4. The number of benzene rings is 7. The summed E-state index contributed by atoms with van der Waals surface area (Å²) in [6.07, 6.45) is 0. The summed E-state index contributed by atoms with van der Waals surface area (Å²) in [4.78, 5) is 20.3. The average Bonchev–Trinajstić information content (AvgIpc) is 3.81. The Bertz CT molecular complexity index is 2880. The molecule has 10 rings (SSSR count). The Labute approximate surface area is 286 Å². The molecular weight excluding hydrogens is 617 g/mol. The maximum atomic E-state index is 6.65. The largest absolute Gasteiger partial charge is 0.456 e. The van der Waals surface area contributed by atoms with Crippen LogP contribution in [0.3, 0.4) is 0 Å². The Kier molecular flexibility index (Phi) is 6.39. The minimum Gasteiger partial charge on any atom is -0.456 e. The van der Waals surface area contributed by atoms with Crippen molar-refractivity contribution in [1.82, 2.24) is 19.9 Å². The SMILES string of the molecule is c1ccc(-c2cccc(-c3nc4ccc5cccc(-c6nc(-c7ccccc7)nc(-c7cccc8oc9ccccc9c78)n6)c5c4o3)c2)cc1. The Morgan fingerprint density at radius 3 is 1.82 bits per heavy atom. The molecule has 0 saturated carbocycles. The molecule has 0 saturated heterocycles. The van der Waals surface area contributed by atoms with Crippen LogP contribution in [-0.4, -0.2) is 19.9 Å². The standard InChI is InChI=1S/C44H26N4O2/c1-3-12-27(13-4-1)30-17-9-18-31(26-30)44-45-35-25-24-28-16-10-20-33(38(28)40(35)50-44)42-46-41(29-14-5-2-6-15-29)47-43(48-42)34-21-11-23-37-39(34)32-19-7-8-22-36(32)49-37/h1-26H. The highest BCUT2D eigenvalue weighted by atomic mass is 16.3. The summed E-state index contributed by atoms with van der Waals surface area (Å²) in [5.41, 5.74) is 8.79. The molecule has 0 fully saturated rings. The van der Waals surface area contributed by atoms with Gasteiger partial charge in [-0.2, -0.15) is 0 Å². The summed E-state index contributed by atoms with van der Waals surface area (Å²) < 4.78 is 12.9. The van der Waals surface area contributed by atoms with E-state index in [-0.39, 0.29) is 0 Å². The highest BCUT2D eigenvalue weighted by Gasteiger charge is 2.21. The number of fused-ring (bicyclic) bond motifs is 6. The van der Waals surface area contributed by atoms with Gasteiger partial charge in [0.2, 0.25) is 5.89 Å². The second-order valence-corrected chi connectivity index (χ2v) is 12.2. The number of oxazole rings is 1. The molecule has 6 heteroatoms. The van der Waals surface area contributed by atoms with Gasteiger partial charge in [-0.1, -0.05) is 127 Å². The van der Waals surface area contributed by atoms with Crippen LogP contribution in [0.5, 0.6) is 0 Å². The van der Waals surface area contributed by atoms with Gasteiger partial charge >= 0.3 is 0 Å². The normalized spacial score (nSPS) is 11.6. The Morgan fingerprint density at radius 2 is 1.00 bits per heavy atom. The first-order valence-electron chi connectivity index (χ1n) is 16.5. The van der Waals surface area contributed by atoms with Gasteiger partial charge in [-0.05, 0) is 46.8 Å². The van der Waals surface area contributed by atoms with Crippen LogP contribution in [0.15, 0.2) is 167 Å². The highest BCUT2D eigenvalue weighted by Crippen LogP contribution is 2.39. The summed E-state index contributed by atoms with van der Waals surface area (Å²) in [5.74, 6) is 2.24. The fourth-order valence-corrected chi connectivity index (χ4v) is 6.82. The molecule has 0 unspecified atom stereocenters. The van der Waals surface area contributed by atoms with Crippen molar-refractivity contribution in [3.05, 3.63) is 158 Å². The summed E-state index contributed by atoms with van der Waals surface area (Å²) in [7, 11) is 0. The lowest BCUT2D eigenvalue weighted by molar-refractivity contribution is 0.623. The molecule has 3 heterocycles. The first-order chi connectivity index (χ1) is 24.8. The van der Waals surface area contributed by atoms with Gasteiger partial charge < -0.3 is 8.83 Å². The van der Waals surface area contributed by atoms with E-state index in [1.54, 1.807) is 0 Å². The van der Waals surface area contributed by atoms with Crippen LogP contribution < -0.4 is 0 Å². The molecule has 0 N–H and O–H groups in total. The Morgan fingerprint density at radius 1 is 0.380 bits per heavy atom. The van der Waals surface area contributed by atoms with E-state index in [4.69, 9.17) is 28.8 Å². The number of furan rings is 1. The van der Waals surface area contributed by atoms with Crippen LogP contribution in [0.25, 0.3) is 101 Å². The third kappa shape index (κ3) is 4.65. The number of hydrogen-bond donors (Lipinski definition) is 0. The molecule has 0 bridgehead atoms. The molecular formula is C44H26N4O2. The van der Waals surface area contributed by atoms with Crippen molar-refractivity contribution in [2.24, 2.45) is 0 Å². The van der Waals surface area contributed by atoms with Gasteiger partial charge in [0, 0.05) is 38.4 Å². The monoisotopic (exact) mass is 642 g/mol. The quantitative estimate of drug-likeness (QED) is 0.186. The molecule has 0 spiro atoms. The van der Waals surface area contributed by atoms with Gasteiger partial charge in [0.25, 0.3) is 0 Å². The number of rotatable bonds is 5. The van der Waals surface area contributed by atoms with Crippen molar-refractivity contribution in [1.29, 1.82) is 0 Å². The number of para-hydroxylation sites is 1. The average molecular weight is 643 g/mol. The molecule has 0 atom stereocenters. The van der Waals surface area contributed by atoms with Gasteiger partial charge in [-0.3, -0.25) is 0 Å². The van der Waals surface area contributed by atoms with Crippen LogP contribution in [0.1, 0.15) is 0 Å². The molecule has 0 radical (unpaired) electrons. The van der Waals surface area contributed by atoms with Gasteiger partial charge in [0.15, 0.2) is 23.1 Å². The molecule has 0 aliphatic carbocycles. The molecule has 3 aromatic heterocycles. The third-order valence-electron chi connectivity index (χ3n) is 9.17. The smallest absolute Gasteiger partial charge is 0.227 e. The Balaban J connectivity index is 1.20. The summed E-state index contributed by atoms with van der Waals surface area (Å²) in [5, 5.41) is 3.88. The van der Waals surface area contributed by atoms with Gasteiger partial charge in [0.1, 0.15) is 16.7 Å². The molecule has 6 nitrogen and oxygen atoms in total. The minimum atomic E-state index is 0.542. The fraction of sp³-hybridized carbons (Fsp3) is 0. The van der Waals surface area contributed by atoms with E-state index in [9.17, 15) is 0 Å². The van der Waals surface area contributed by atoms with E-state index in [1.165, 1.54) is 0 Å². The molecule has 234 valence electrons. The van der Waals surface area contributed by atoms with Crippen molar-refractivity contribution in [2.75, 3.05) is 0 Å². The lowest BCUT2D eigenvalue weighted by atomic mass is 10.0. The molecule has 0 aliphatic heterocycles. The molecule has 10 aromatic rings. The number of aromatic nitrogens is 4. The van der Waals surface area contributed by atoms with Crippen LogP contribution in [0, 0.1) is 0 Å². The molecule has 0 amide bonds. The van der Waals surface area contributed by atoms with Crippen molar-refractivity contribution < 1.29 is 8.83 Å². The van der Waals surface area contributed by atoms with Gasteiger partial charge in [-0.25, -0.2) is 19.9 Å². The van der Waals surface area contributed by atoms with E-state index < -0.39 is 0 Å². The maximum absolute atomic E-state index is 6.65. The van der Waals surface area contributed by atoms with Crippen LogP contribution >= 0.6 is 0 Å². The summed E-state index contributed by atoms with van der Waals surface area (Å²) in [6.45, 7) is 0. The minimum absolute atomic E-state index is 0.542. The third-order valence-corrected chi connectivity index (χ3v) is 9.17. The van der Waals surface area contributed by atoms with Gasteiger partial charge in [-0.15, -0.1) is 0 Å². The fourth-order valence-electron chi connectivity index (χ4n) is 6.82. The van der Waals surface area contributed by atoms with E-state index in [0.717, 1.165) is 71.6 Å². The Hall–Kier alpha value is -6.92. The first-order valence-corrected chi connectivity index (χ1v) is 16.5. The van der Waals surface area contributed by atoms with Crippen molar-refractivity contribution in [3.63, 3.8) is 0 Å². The summed E-state index contributed by atoms with van der Waals surface area (Å²) in [6, 6.07) is 52.9. The lowest BCUT2D eigenvalue weighted by Gasteiger charge is -2.11. The van der Waals surface area contributed by atoms with Crippen molar-refractivity contribution in [2.45, 2.75) is 0 Å².